The van der Waals surface area contributed by atoms with Crippen LogP contribution in [0.1, 0.15) is 226 Å². The van der Waals surface area contributed by atoms with Gasteiger partial charge in [0.15, 0.2) is 0 Å². The van der Waals surface area contributed by atoms with Crippen molar-refractivity contribution in [3.05, 3.63) is 24.3 Å². The van der Waals surface area contributed by atoms with Crippen LogP contribution in [-0.4, -0.2) is 68.5 Å². The predicted molar refractivity (Wildman–Crippen MR) is 242 cm³/mol. The monoisotopic (exact) mass is 827 g/mol. The number of quaternary nitrogens is 1. The quantitative estimate of drug-likeness (QED) is 0.0274. The van der Waals surface area contributed by atoms with E-state index in [9.17, 15) is 19.4 Å². The number of phosphoric ester groups is 1. The van der Waals surface area contributed by atoms with Gasteiger partial charge in [0.05, 0.1) is 39.9 Å². The first kappa shape index (κ1) is 56.0. The normalized spacial score (nSPS) is 14.4. The average Bonchev–Trinajstić information content (AvgIpc) is 3.16. The lowest BCUT2D eigenvalue weighted by atomic mass is 10.0. The van der Waals surface area contributed by atoms with Crippen molar-refractivity contribution in [2.75, 3.05) is 40.9 Å². The van der Waals surface area contributed by atoms with Crippen molar-refractivity contribution in [2.45, 2.75) is 238 Å². The Hall–Kier alpha value is -1.02. The predicted octanol–water partition coefficient (Wildman–Crippen LogP) is 13.1. The van der Waals surface area contributed by atoms with Crippen LogP contribution in [0.4, 0.5) is 0 Å². The van der Waals surface area contributed by atoms with Crippen LogP contribution < -0.4 is 10.2 Å². The van der Waals surface area contributed by atoms with Gasteiger partial charge in [0, 0.05) is 6.42 Å². The zero-order chi connectivity index (χ0) is 42.1. The maximum atomic E-state index is 12.8. The second-order valence-electron chi connectivity index (χ2n) is 17.8. The third-order valence-corrected chi connectivity index (χ3v) is 11.9. The van der Waals surface area contributed by atoms with Crippen molar-refractivity contribution in [3.8, 4) is 0 Å². The first-order valence-electron chi connectivity index (χ1n) is 24.2. The topological polar surface area (TPSA) is 108 Å². The highest BCUT2D eigenvalue weighted by Gasteiger charge is 2.23. The lowest BCUT2D eigenvalue weighted by Crippen LogP contribution is -2.45. The van der Waals surface area contributed by atoms with Crippen molar-refractivity contribution < 1.29 is 32.9 Å². The van der Waals surface area contributed by atoms with E-state index < -0.39 is 20.0 Å². The number of phosphoric acid groups is 1. The van der Waals surface area contributed by atoms with Crippen LogP contribution in [0.25, 0.3) is 0 Å². The van der Waals surface area contributed by atoms with Crippen LogP contribution in [0.15, 0.2) is 24.3 Å². The molecule has 0 fully saturated rings. The number of likely N-dealkylation sites (N-methyl/N-ethyl adjacent to an activating group) is 1. The summed E-state index contributed by atoms with van der Waals surface area (Å²) in [5.74, 6) is -0.206. The van der Waals surface area contributed by atoms with Gasteiger partial charge in [0.1, 0.15) is 13.2 Å². The first-order valence-corrected chi connectivity index (χ1v) is 25.7. The number of aliphatic hydroxyl groups is 1. The molecule has 3 unspecified atom stereocenters. The van der Waals surface area contributed by atoms with Gasteiger partial charge in [0.25, 0.3) is 7.82 Å². The molecule has 8 nitrogen and oxygen atoms in total. The molecular formula is C48H95N2O6P. The van der Waals surface area contributed by atoms with E-state index in [-0.39, 0.29) is 19.1 Å². The minimum absolute atomic E-state index is 0.00417. The second-order valence-corrected chi connectivity index (χ2v) is 19.2. The summed E-state index contributed by atoms with van der Waals surface area (Å²) in [7, 11) is 1.25. The van der Waals surface area contributed by atoms with Crippen LogP contribution in [0.2, 0.25) is 0 Å². The molecule has 0 spiro atoms. The number of amides is 1. The van der Waals surface area contributed by atoms with Crippen molar-refractivity contribution in [3.63, 3.8) is 0 Å². The number of hydrogen-bond donors (Lipinski definition) is 2. The number of aliphatic hydroxyl groups excluding tert-OH is 1. The van der Waals surface area contributed by atoms with Crippen LogP contribution in [0, 0.1) is 0 Å². The SMILES string of the molecule is CCCCCCCCCCCCCCCCCC/C=C/CC/C=C/C(O)C(COP(=O)([O-])OCC[N+](C)(C)C)NC(=O)CCCCCCCCCCCCCCC. The molecule has 0 bridgehead atoms. The van der Waals surface area contributed by atoms with E-state index in [0.717, 1.165) is 38.5 Å². The standard InChI is InChI=1S/C48H95N2O6P/c1-6-8-10-12-14-16-18-20-21-22-23-24-25-26-27-28-30-31-33-35-37-39-41-47(51)46(45-56-57(53,54)55-44-43-50(3,4)5)49-48(52)42-40-38-36-34-32-29-19-17-15-13-11-9-7-2/h31,33,39,41,46-47,51H,6-30,32,34-38,40,42-45H2,1-5H3,(H-,49,52,53,54)/b33-31+,41-39+. The van der Waals surface area contributed by atoms with Crippen molar-refractivity contribution in [1.29, 1.82) is 0 Å². The Kier molecular flexibility index (Phi) is 39.7. The number of rotatable bonds is 44. The fourth-order valence-electron chi connectivity index (χ4n) is 7.05. The van der Waals surface area contributed by atoms with E-state index in [2.05, 4.69) is 31.3 Å². The molecule has 0 heterocycles. The van der Waals surface area contributed by atoms with Gasteiger partial charge in [-0.3, -0.25) is 9.36 Å². The number of carbonyl (C=O) groups is 1. The summed E-state index contributed by atoms with van der Waals surface area (Å²) in [6, 6.07) is -0.898. The van der Waals surface area contributed by atoms with Crippen LogP contribution in [0.3, 0.4) is 0 Å². The minimum Gasteiger partial charge on any atom is -0.756 e. The minimum atomic E-state index is -4.59. The van der Waals surface area contributed by atoms with Crippen LogP contribution in [0.5, 0.6) is 0 Å². The van der Waals surface area contributed by atoms with E-state index in [0.29, 0.717) is 17.4 Å². The van der Waals surface area contributed by atoms with E-state index >= 15 is 0 Å². The third-order valence-electron chi connectivity index (χ3n) is 10.9. The van der Waals surface area contributed by atoms with Gasteiger partial charge in [-0.25, -0.2) is 0 Å². The molecule has 0 aliphatic heterocycles. The fraction of sp³-hybridized carbons (Fsp3) is 0.896. The van der Waals surface area contributed by atoms with Crippen LogP contribution >= 0.6 is 7.82 Å². The molecule has 57 heavy (non-hydrogen) atoms. The molecule has 1 amide bonds. The first-order chi connectivity index (χ1) is 27.5. The molecule has 9 heteroatoms. The lowest BCUT2D eigenvalue weighted by molar-refractivity contribution is -0.870. The van der Waals surface area contributed by atoms with E-state index in [1.807, 2.05) is 27.2 Å². The summed E-state index contributed by atoms with van der Waals surface area (Å²) < 4.78 is 23.2. The molecule has 2 N–H and O–H groups in total. The van der Waals surface area contributed by atoms with E-state index in [1.165, 1.54) is 167 Å². The molecule has 0 aliphatic carbocycles. The summed E-state index contributed by atoms with van der Waals surface area (Å²) in [5, 5.41) is 13.8. The molecular weight excluding hydrogens is 732 g/mol. The maximum absolute atomic E-state index is 12.8. The Labute approximate surface area is 354 Å². The Morgan fingerprint density at radius 1 is 0.596 bits per heavy atom. The number of allylic oxidation sites excluding steroid dienone is 3. The summed E-state index contributed by atoms with van der Waals surface area (Å²) >= 11 is 0. The highest BCUT2D eigenvalue weighted by molar-refractivity contribution is 7.45. The van der Waals surface area contributed by atoms with E-state index in [1.54, 1.807) is 6.08 Å². The van der Waals surface area contributed by atoms with Crippen LogP contribution in [-0.2, 0) is 18.4 Å². The smallest absolute Gasteiger partial charge is 0.268 e. The molecule has 0 aromatic carbocycles. The highest BCUT2D eigenvalue weighted by Crippen LogP contribution is 2.38. The zero-order valence-corrected chi connectivity index (χ0v) is 39.2. The van der Waals surface area contributed by atoms with Gasteiger partial charge >= 0.3 is 0 Å². The Balaban J connectivity index is 4.35. The van der Waals surface area contributed by atoms with Gasteiger partial charge in [-0.15, -0.1) is 0 Å². The average molecular weight is 827 g/mol. The summed E-state index contributed by atoms with van der Waals surface area (Å²) in [4.78, 5) is 25.3. The molecule has 0 saturated carbocycles. The Morgan fingerprint density at radius 2 is 0.982 bits per heavy atom. The van der Waals surface area contributed by atoms with Gasteiger partial charge in [-0.05, 0) is 32.1 Å². The molecule has 0 aliphatic rings. The second kappa shape index (κ2) is 40.4. The molecule has 0 aromatic rings. The van der Waals surface area contributed by atoms with Crippen molar-refractivity contribution in [2.24, 2.45) is 0 Å². The fourth-order valence-corrected chi connectivity index (χ4v) is 7.77. The number of carbonyl (C=O) groups excluding carboxylic acids is 1. The summed E-state index contributed by atoms with van der Waals surface area (Å²) in [6.07, 6.45) is 48.1. The largest absolute Gasteiger partial charge is 0.756 e. The van der Waals surface area contributed by atoms with Gasteiger partial charge in [-0.2, -0.15) is 0 Å². The molecule has 0 rings (SSSR count). The van der Waals surface area contributed by atoms with Gasteiger partial charge < -0.3 is 28.8 Å². The van der Waals surface area contributed by atoms with E-state index in [4.69, 9.17) is 9.05 Å². The van der Waals surface area contributed by atoms with Crippen molar-refractivity contribution >= 4 is 13.7 Å². The Bertz CT molecular complexity index is 984. The third kappa shape index (κ3) is 42.9. The number of hydrogen-bond acceptors (Lipinski definition) is 6. The van der Waals surface area contributed by atoms with Crippen molar-refractivity contribution in [1.82, 2.24) is 5.32 Å². The molecule has 3 atom stereocenters. The molecule has 0 aromatic heterocycles. The van der Waals surface area contributed by atoms with Gasteiger partial charge in [0.2, 0.25) is 5.91 Å². The summed E-state index contributed by atoms with van der Waals surface area (Å²) in [6.45, 7) is 4.64. The summed E-state index contributed by atoms with van der Waals surface area (Å²) in [5.41, 5.74) is 0. The van der Waals surface area contributed by atoms with Gasteiger partial charge in [-0.1, -0.05) is 212 Å². The Morgan fingerprint density at radius 3 is 1.42 bits per heavy atom. The highest BCUT2D eigenvalue weighted by atomic mass is 31.2. The molecule has 0 radical (unpaired) electrons. The molecule has 0 saturated heterocycles. The number of nitrogens with one attached hydrogen (secondary N) is 1. The zero-order valence-electron chi connectivity index (χ0n) is 38.3. The molecule has 338 valence electrons. The maximum Gasteiger partial charge on any atom is 0.268 e. The lowest BCUT2D eigenvalue weighted by Gasteiger charge is -2.29. The number of nitrogens with zero attached hydrogens (tertiary/aromatic N) is 1. The number of unbranched alkanes of at least 4 members (excludes halogenated alkanes) is 29.